The minimum atomic E-state index is -0.402. The molecule has 176 valence electrons. The summed E-state index contributed by atoms with van der Waals surface area (Å²) in [7, 11) is 0. The molecule has 0 aromatic heterocycles. The molecule has 0 saturated carbocycles. The van der Waals surface area contributed by atoms with E-state index in [0.29, 0.717) is 32.0 Å². The molecule has 2 aliphatic rings. The number of nitro groups is 1. The molecule has 0 spiro atoms. The summed E-state index contributed by atoms with van der Waals surface area (Å²) in [6, 6.07) is 6.46. The zero-order valence-corrected chi connectivity index (χ0v) is 18.8. The number of carbonyl (C=O) groups is 1. The van der Waals surface area contributed by atoms with Gasteiger partial charge in [0.2, 0.25) is 5.91 Å². The van der Waals surface area contributed by atoms with Crippen LogP contribution in [0.15, 0.2) is 29.3 Å². The van der Waals surface area contributed by atoms with Crippen molar-refractivity contribution in [2.24, 2.45) is 4.99 Å². The van der Waals surface area contributed by atoms with E-state index in [1.807, 2.05) is 4.90 Å². The lowest BCUT2D eigenvalue weighted by atomic mass is 10.1. The fraction of sp³-hybridized carbons (Fsp3) is 0.652. The van der Waals surface area contributed by atoms with Gasteiger partial charge in [-0.2, -0.15) is 0 Å². The van der Waals surface area contributed by atoms with Crippen molar-refractivity contribution in [2.45, 2.75) is 64.0 Å². The molecule has 1 aromatic carbocycles. The van der Waals surface area contributed by atoms with Gasteiger partial charge in [0, 0.05) is 51.3 Å². The second-order valence-corrected chi connectivity index (χ2v) is 8.43. The molecule has 32 heavy (non-hydrogen) atoms. The fourth-order valence-corrected chi connectivity index (χ4v) is 4.00. The first-order valence-corrected chi connectivity index (χ1v) is 11.8. The third kappa shape index (κ3) is 8.11. The quantitative estimate of drug-likeness (QED) is 0.199. The van der Waals surface area contributed by atoms with Gasteiger partial charge >= 0.3 is 0 Å². The van der Waals surface area contributed by atoms with Crippen LogP contribution in [0.3, 0.4) is 0 Å². The van der Waals surface area contributed by atoms with Gasteiger partial charge in [0.25, 0.3) is 5.69 Å². The van der Waals surface area contributed by atoms with Crippen LogP contribution in [0.5, 0.6) is 0 Å². The molecule has 9 heteroatoms. The highest BCUT2D eigenvalue weighted by atomic mass is 16.6. The standard InChI is InChI=1S/C23H35N5O4/c29-22-8-2-1-4-14-27(22)15-6-13-24-23(26-18-21-7-3-5-16-32-21)25-17-19-9-11-20(12-10-19)28(30)31/h9-12,21H,1-8,13-18H2,(H2,24,25,26). The van der Waals surface area contributed by atoms with E-state index >= 15 is 0 Å². The van der Waals surface area contributed by atoms with Crippen molar-refractivity contribution in [3.05, 3.63) is 39.9 Å². The van der Waals surface area contributed by atoms with Crippen LogP contribution >= 0.6 is 0 Å². The number of hydrogen-bond donors (Lipinski definition) is 2. The Morgan fingerprint density at radius 1 is 1.16 bits per heavy atom. The topological polar surface area (TPSA) is 109 Å². The molecule has 1 unspecified atom stereocenters. The van der Waals surface area contributed by atoms with E-state index in [4.69, 9.17) is 4.74 Å². The number of guanidine groups is 1. The Balaban J connectivity index is 1.51. The number of ether oxygens (including phenoxy) is 1. The largest absolute Gasteiger partial charge is 0.376 e. The molecule has 2 heterocycles. The lowest BCUT2D eigenvalue weighted by Crippen LogP contribution is -2.43. The highest BCUT2D eigenvalue weighted by molar-refractivity contribution is 5.79. The maximum absolute atomic E-state index is 12.2. The monoisotopic (exact) mass is 445 g/mol. The van der Waals surface area contributed by atoms with Gasteiger partial charge in [-0.3, -0.25) is 14.9 Å². The van der Waals surface area contributed by atoms with Crippen molar-refractivity contribution in [3.8, 4) is 0 Å². The van der Waals surface area contributed by atoms with Crippen molar-refractivity contribution in [2.75, 3.05) is 32.8 Å². The predicted octanol–water partition coefficient (Wildman–Crippen LogP) is 2.99. The summed E-state index contributed by atoms with van der Waals surface area (Å²) in [6.07, 6.45) is 8.26. The van der Waals surface area contributed by atoms with E-state index in [0.717, 1.165) is 63.8 Å². The minimum Gasteiger partial charge on any atom is -0.376 e. The van der Waals surface area contributed by atoms with E-state index in [1.165, 1.54) is 18.6 Å². The van der Waals surface area contributed by atoms with Crippen LogP contribution in [0, 0.1) is 10.1 Å². The first-order valence-electron chi connectivity index (χ1n) is 11.8. The highest BCUT2D eigenvalue weighted by Crippen LogP contribution is 2.14. The second-order valence-electron chi connectivity index (χ2n) is 8.43. The summed E-state index contributed by atoms with van der Waals surface area (Å²) in [5.41, 5.74) is 0.979. The average molecular weight is 446 g/mol. The maximum atomic E-state index is 12.2. The molecule has 1 atom stereocenters. The molecule has 0 aliphatic carbocycles. The minimum absolute atomic E-state index is 0.0757. The summed E-state index contributed by atoms with van der Waals surface area (Å²) < 4.78 is 5.80. The van der Waals surface area contributed by atoms with E-state index in [-0.39, 0.29) is 17.7 Å². The maximum Gasteiger partial charge on any atom is 0.269 e. The van der Waals surface area contributed by atoms with Gasteiger partial charge in [-0.1, -0.05) is 18.6 Å². The number of nitrogens with one attached hydrogen (secondary N) is 2. The molecule has 2 fully saturated rings. The lowest BCUT2D eigenvalue weighted by molar-refractivity contribution is -0.384. The van der Waals surface area contributed by atoms with Crippen LogP contribution in [-0.4, -0.2) is 60.6 Å². The number of hydrogen-bond acceptors (Lipinski definition) is 5. The number of benzene rings is 1. The molecule has 0 bridgehead atoms. The second kappa shape index (κ2) is 13.0. The Morgan fingerprint density at radius 2 is 2.00 bits per heavy atom. The number of carbonyl (C=O) groups excluding carboxylic acids is 1. The SMILES string of the molecule is O=C1CCCCCN1CCCNC(=NCc1ccc([N+](=O)[O-])cc1)NCC1CCCCO1. The van der Waals surface area contributed by atoms with Gasteiger partial charge < -0.3 is 20.3 Å². The molecule has 2 saturated heterocycles. The van der Waals surface area contributed by atoms with Crippen LogP contribution in [0.25, 0.3) is 0 Å². The molecule has 0 radical (unpaired) electrons. The smallest absolute Gasteiger partial charge is 0.269 e. The highest BCUT2D eigenvalue weighted by Gasteiger charge is 2.16. The molecule has 2 N–H and O–H groups in total. The molecular weight excluding hydrogens is 410 g/mol. The van der Waals surface area contributed by atoms with E-state index in [1.54, 1.807) is 12.1 Å². The van der Waals surface area contributed by atoms with Crippen molar-refractivity contribution in [1.29, 1.82) is 0 Å². The van der Waals surface area contributed by atoms with Crippen LogP contribution in [-0.2, 0) is 16.1 Å². The van der Waals surface area contributed by atoms with Crippen LogP contribution in [0.1, 0.15) is 56.9 Å². The van der Waals surface area contributed by atoms with Gasteiger partial charge in [-0.25, -0.2) is 4.99 Å². The van der Waals surface area contributed by atoms with Crippen molar-refractivity contribution in [1.82, 2.24) is 15.5 Å². The third-order valence-corrected chi connectivity index (χ3v) is 5.91. The number of amides is 1. The summed E-state index contributed by atoms with van der Waals surface area (Å²) in [5.74, 6) is 0.960. The normalized spacial score (nSPS) is 20.0. The number of aliphatic imine (C=N–C) groups is 1. The van der Waals surface area contributed by atoms with Crippen molar-refractivity contribution < 1.29 is 14.5 Å². The summed E-state index contributed by atoms with van der Waals surface area (Å²) in [5, 5.41) is 17.6. The van der Waals surface area contributed by atoms with Gasteiger partial charge in [0.1, 0.15) is 0 Å². The molecular formula is C23H35N5O4. The van der Waals surface area contributed by atoms with Gasteiger partial charge in [0.05, 0.1) is 17.6 Å². The van der Waals surface area contributed by atoms with Gasteiger partial charge in [-0.05, 0) is 44.1 Å². The molecule has 1 aromatic rings. The number of rotatable bonds is 9. The lowest BCUT2D eigenvalue weighted by Gasteiger charge is -2.24. The van der Waals surface area contributed by atoms with E-state index < -0.39 is 4.92 Å². The Bertz CT molecular complexity index is 762. The summed E-state index contributed by atoms with van der Waals surface area (Å²) >= 11 is 0. The van der Waals surface area contributed by atoms with E-state index in [9.17, 15) is 14.9 Å². The third-order valence-electron chi connectivity index (χ3n) is 5.91. The molecule has 9 nitrogen and oxygen atoms in total. The van der Waals surface area contributed by atoms with Crippen molar-refractivity contribution in [3.63, 3.8) is 0 Å². The average Bonchev–Trinajstić information content (AvgIpc) is 3.02. The molecule has 1 amide bonds. The predicted molar refractivity (Wildman–Crippen MR) is 123 cm³/mol. The van der Waals surface area contributed by atoms with Crippen LogP contribution in [0.2, 0.25) is 0 Å². The Hall–Kier alpha value is -2.68. The Kier molecular flexibility index (Phi) is 9.74. The Labute approximate surface area is 189 Å². The summed E-state index contributed by atoms with van der Waals surface area (Å²) in [6.45, 7) is 4.24. The molecule has 3 rings (SSSR count). The first kappa shape index (κ1) is 24.0. The summed E-state index contributed by atoms with van der Waals surface area (Å²) in [4.78, 5) is 29.2. The number of nitrogens with zero attached hydrogens (tertiary/aromatic N) is 3. The van der Waals surface area contributed by atoms with Crippen LogP contribution < -0.4 is 10.6 Å². The number of likely N-dealkylation sites (tertiary alicyclic amines) is 1. The zero-order valence-electron chi connectivity index (χ0n) is 18.8. The van der Waals surface area contributed by atoms with Crippen molar-refractivity contribution >= 4 is 17.6 Å². The number of non-ortho nitro benzene ring substituents is 1. The molecule has 2 aliphatic heterocycles. The first-order chi connectivity index (χ1) is 15.6. The number of nitro benzene ring substituents is 1. The van der Waals surface area contributed by atoms with Gasteiger partial charge in [0.15, 0.2) is 5.96 Å². The Morgan fingerprint density at radius 3 is 2.75 bits per heavy atom. The van der Waals surface area contributed by atoms with Crippen LogP contribution in [0.4, 0.5) is 5.69 Å². The van der Waals surface area contributed by atoms with Gasteiger partial charge in [-0.15, -0.1) is 0 Å². The zero-order chi connectivity index (χ0) is 22.6. The fourth-order valence-electron chi connectivity index (χ4n) is 4.00. The van der Waals surface area contributed by atoms with E-state index in [2.05, 4.69) is 15.6 Å².